The lowest BCUT2D eigenvalue weighted by molar-refractivity contribution is -0.140. The molecule has 2 aliphatic heterocycles. The van der Waals surface area contributed by atoms with Crippen LogP contribution in [-0.4, -0.2) is 90.2 Å². The molecule has 1 aliphatic carbocycles. The molecule has 1 aromatic heterocycles. The van der Waals surface area contributed by atoms with Gasteiger partial charge in [0.15, 0.2) is 5.82 Å². The summed E-state index contributed by atoms with van der Waals surface area (Å²) in [6, 6.07) is 4.61. The molecule has 5 rings (SSSR count). The second-order valence-corrected chi connectivity index (χ2v) is 13.8. The minimum Gasteiger partial charge on any atom is -0.495 e. The first-order chi connectivity index (χ1) is 21.5. The van der Waals surface area contributed by atoms with Crippen molar-refractivity contribution < 1.29 is 32.6 Å². The molecule has 1 saturated heterocycles. The zero-order valence-electron chi connectivity index (χ0n) is 27.4. The number of nitrogens with one attached hydrogen (secondary N) is 2. The Morgan fingerprint density at radius 2 is 1.80 bits per heavy atom. The van der Waals surface area contributed by atoms with Gasteiger partial charge >= 0.3 is 12.0 Å². The molecule has 2 N–H and O–H groups in total. The second-order valence-electron chi connectivity index (χ2n) is 13.8. The topological polar surface area (TPSA) is 129 Å². The van der Waals surface area contributed by atoms with Gasteiger partial charge in [-0.2, -0.15) is 13.8 Å². The first kappa shape index (κ1) is 33.1. The van der Waals surface area contributed by atoms with Crippen LogP contribution in [0.1, 0.15) is 70.7 Å². The number of piperidine rings is 1. The van der Waals surface area contributed by atoms with Gasteiger partial charge in [0.05, 0.1) is 25.5 Å². The van der Waals surface area contributed by atoms with Gasteiger partial charge in [-0.3, -0.25) is 9.59 Å². The van der Waals surface area contributed by atoms with Gasteiger partial charge in [-0.05, 0) is 83.9 Å². The van der Waals surface area contributed by atoms with Gasteiger partial charge in [-0.15, -0.1) is 0 Å². The van der Waals surface area contributed by atoms with Crippen molar-refractivity contribution in [2.24, 2.45) is 5.41 Å². The molecule has 0 unspecified atom stereocenters. The molecule has 250 valence electrons. The number of alkyl halides is 2. The van der Waals surface area contributed by atoms with E-state index in [2.05, 4.69) is 20.6 Å². The SMILES string of the molecule is COc1cc(C(=O)NC2CC3(CCN(C(=O)OC(C)(C)C)CC3)C2)ccc1Nc1ncc2c(n1)N(C(C)C)CC(F)(F)C(=O)N2C. The average Bonchev–Trinajstić information content (AvgIpc) is 3.04. The Labute approximate surface area is 267 Å². The number of ether oxygens (including phenoxy) is 2. The molecule has 3 amide bonds. The predicted octanol–water partition coefficient (Wildman–Crippen LogP) is 4.96. The maximum atomic E-state index is 14.7. The summed E-state index contributed by atoms with van der Waals surface area (Å²) in [6.07, 6.45) is 4.52. The molecule has 46 heavy (non-hydrogen) atoms. The highest BCUT2D eigenvalue weighted by Crippen LogP contribution is 2.49. The number of likely N-dealkylation sites (tertiary alicyclic amines) is 1. The normalized spacial score (nSPS) is 19.3. The Morgan fingerprint density at radius 3 is 2.41 bits per heavy atom. The van der Waals surface area contributed by atoms with Gasteiger partial charge in [0.25, 0.3) is 11.8 Å². The lowest BCUT2D eigenvalue weighted by Gasteiger charge is -2.52. The molecule has 2 fully saturated rings. The maximum absolute atomic E-state index is 14.7. The number of aromatic nitrogens is 2. The van der Waals surface area contributed by atoms with Crippen molar-refractivity contribution in [2.75, 3.05) is 48.9 Å². The van der Waals surface area contributed by atoms with Gasteiger partial charge in [-0.1, -0.05) is 0 Å². The smallest absolute Gasteiger partial charge is 0.410 e. The summed E-state index contributed by atoms with van der Waals surface area (Å²) in [4.78, 5) is 50.7. The third kappa shape index (κ3) is 6.80. The van der Waals surface area contributed by atoms with E-state index >= 15 is 0 Å². The van der Waals surface area contributed by atoms with Crippen LogP contribution in [0.5, 0.6) is 5.75 Å². The molecular weight excluding hydrogens is 600 g/mol. The van der Waals surface area contributed by atoms with Crippen molar-refractivity contribution in [3.8, 4) is 5.75 Å². The molecule has 1 spiro atoms. The number of rotatable bonds is 6. The van der Waals surface area contributed by atoms with E-state index in [9.17, 15) is 23.2 Å². The first-order valence-corrected chi connectivity index (χ1v) is 15.5. The third-order valence-corrected chi connectivity index (χ3v) is 8.87. The van der Waals surface area contributed by atoms with Gasteiger partial charge in [0.2, 0.25) is 5.95 Å². The van der Waals surface area contributed by atoms with E-state index in [4.69, 9.17) is 9.47 Å². The summed E-state index contributed by atoms with van der Waals surface area (Å²) in [6.45, 7) is 9.55. The number of fused-ring (bicyclic) bond motifs is 1. The summed E-state index contributed by atoms with van der Waals surface area (Å²) < 4.78 is 40.4. The monoisotopic (exact) mass is 643 g/mol. The van der Waals surface area contributed by atoms with Crippen LogP contribution in [0.4, 0.5) is 36.7 Å². The highest BCUT2D eigenvalue weighted by Gasteiger charge is 2.48. The van der Waals surface area contributed by atoms with E-state index < -0.39 is 24.0 Å². The molecule has 1 aromatic carbocycles. The highest BCUT2D eigenvalue weighted by molar-refractivity contribution is 6.02. The highest BCUT2D eigenvalue weighted by atomic mass is 19.3. The molecule has 3 aliphatic rings. The number of carbonyl (C=O) groups excluding carboxylic acids is 3. The van der Waals surface area contributed by atoms with E-state index in [1.807, 2.05) is 20.8 Å². The standard InChI is InChI=1S/C32H43F2N7O5/c1-19(2)41-18-32(33,34)27(43)39(6)23-17-35-28(38-25(23)41)37-22-9-8-20(14-24(22)45-7)26(42)36-21-15-31(16-21)10-12-40(13-11-31)29(44)46-30(3,4)5/h8-9,14,17,19,21H,10-13,15-16,18H2,1-7H3,(H,36,42)(H,35,37,38). The van der Waals surface area contributed by atoms with Crippen LogP contribution in [0.25, 0.3) is 0 Å². The number of amides is 3. The number of halogens is 2. The Bertz CT molecular complexity index is 1500. The fourth-order valence-corrected chi connectivity index (χ4v) is 6.32. The number of nitrogens with zero attached hydrogens (tertiary/aromatic N) is 5. The molecule has 0 atom stereocenters. The van der Waals surface area contributed by atoms with E-state index in [1.165, 1.54) is 25.3 Å². The van der Waals surface area contributed by atoms with Gasteiger partial charge < -0.3 is 34.8 Å². The van der Waals surface area contributed by atoms with E-state index in [0.29, 0.717) is 30.1 Å². The van der Waals surface area contributed by atoms with Crippen LogP contribution in [-0.2, 0) is 9.53 Å². The van der Waals surface area contributed by atoms with Gasteiger partial charge in [0, 0.05) is 37.8 Å². The Hall–Kier alpha value is -4.23. The first-order valence-electron chi connectivity index (χ1n) is 15.5. The summed E-state index contributed by atoms with van der Waals surface area (Å²) in [7, 11) is 2.75. The zero-order valence-corrected chi connectivity index (χ0v) is 27.4. The van der Waals surface area contributed by atoms with Crippen LogP contribution in [0.2, 0.25) is 0 Å². The van der Waals surface area contributed by atoms with Gasteiger partial charge in [0.1, 0.15) is 17.0 Å². The molecule has 3 heterocycles. The van der Waals surface area contributed by atoms with Crippen molar-refractivity contribution in [2.45, 2.75) is 83.9 Å². The Kier molecular flexibility index (Phi) is 8.77. The molecule has 14 heteroatoms. The fraction of sp³-hybridized carbons (Fsp3) is 0.594. The lowest BCUT2D eigenvalue weighted by Crippen LogP contribution is -2.55. The van der Waals surface area contributed by atoms with Crippen molar-refractivity contribution in [1.82, 2.24) is 20.2 Å². The van der Waals surface area contributed by atoms with Crippen LogP contribution in [0, 0.1) is 5.41 Å². The van der Waals surface area contributed by atoms with Crippen molar-refractivity contribution in [3.05, 3.63) is 30.0 Å². The van der Waals surface area contributed by atoms with Crippen LogP contribution in [0.3, 0.4) is 0 Å². The summed E-state index contributed by atoms with van der Waals surface area (Å²) >= 11 is 0. The predicted molar refractivity (Wildman–Crippen MR) is 169 cm³/mol. The molecule has 1 saturated carbocycles. The van der Waals surface area contributed by atoms with Crippen LogP contribution in [0.15, 0.2) is 24.4 Å². The quantitative estimate of drug-likeness (QED) is 0.449. The maximum Gasteiger partial charge on any atom is 0.410 e. The van der Waals surface area contributed by atoms with E-state index in [1.54, 1.807) is 36.9 Å². The summed E-state index contributed by atoms with van der Waals surface area (Å²) in [5.74, 6) is -4.46. The second kappa shape index (κ2) is 12.2. The number of methoxy groups -OCH3 is 1. The third-order valence-electron chi connectivity index (χ3n) is 8.87. The van der Waals surface area contributed by atoms with E-state index in [0.717, 1.165) is 30.6 Å². The minimum absolute atomic E-state index is 0.0404. The van der Waals surface area contributed by atoms with Crippen molar-refractivity contribution in [1.29, 1.82) is 0 Å². The van der Waals surface area contributed by atoms with Crippen LogP contribution < -0.4 is 25.2 Å². The average molecular weight is 644 g/mol. The minimum atomic E-state index is -3.59. The Balaban J connectivity index is 1.22. The number of benzene rings is 1. The van der Waals surface area contributed by atoms with E-state index in [-0.39, 0.29) is 47.0 Å². The summed E-state index contributed by atoms with van der Waals surface area (Å²) in [5, 5.41) is 6.17. The number of hydrogen-bond acceptors (Lipinski definition) is 9. The summed E-state index contributed by atoms with van der Waals surface area (Å²) in [5.41, 5.74) is 0.657. The molecule has 0 radical (unpaired) electrons. The lowest BCUT2D eigenvalue weighted by atomic mass is 9.60. The number of anilines is 4. The van der Waals surface area contributed by atoms with Crippen molar-refractivity contribution >= 4 is 41.0 Å². The molecule has 12 nitrogen and oxygen atoms in total. The van der Waals surface area contributed by atoms with Gasteiger partial charge in [-0.25, -0.2) is 9.78 Å². The van der Waals surface area contributed by atoms with Crippen LogP contribution >= 0.6 is 0 Å². The largest absolute Gasteiger partial charge is 0.495 e. The molecule has 0 bridgehead atoms. The Morgan fingerprint density at radius 1 is 1.13 bits per heavy atom. The zero-order chi connectivity index (χ0) is 33.6. The molecule has 2 aromatic rings. The number of hydrogen-bond donors (Lipinski definition) is 2. The molecular formula is C32H43F2N7O5. The number of carbonyl (C=O) groups is 3. The fourth-order valence-electron chi connectivity index (χ4n) is 6.32. The van der Waals surface area contributed by atoms with Crippen molar-refractivity contribution in [3.63, 3.8) is 0 Å².